The fourth-order valence-corrected chi connectivity index (χ4v) is 3.81. The lowest BCUT2D eigenvalue weighted by atomic mass is 9.90. The zero-order valence-electron chi connectivity index (χ0n) is 17.1. The summed E-state index contributed by atoms with van der Waals surface area (Å²) < 4.78 is 13.4. The molecule has 1 saturated heterocycles. The number of hydrogen-bond donors (Lipinski definition) is 0. The van der Waals surface area contributed by atoms with Gasteiger partial charge in [0.05, 0.1) is 5.92 Å². The first-order valence-corrected chi connectivity index (χ1v) is 9.97. The Balaban J connectivity index is 1.73. The van der Waals surface area contributed by atoms with E-state index >= 15 is 0 Å². The van der Waals surface area contributed by atoms with Crippen LogP contribution in [0.15, 0.2) is 48.8 Å². The quantitative estimate of drug-likeness (QED) is 0.789. The van der Waals surface area contributed by atoms with Gasteiger partial charge in [0.2, 0.25) is 5.91 Å². The Kier molecular flexibility index (Phi) is 6.45. The molecule has 0 bridgehead atoms. The van der Waals surface area contributed by atoms with E-state index in [2.05, 4.69) is 30.7 Å². The molecule has 0 saturated carbocycles. The predicted octanol–water partition coefficient (Wildman–Crippen LogP) is 3.74. The molecule has 1 aromatic heterocycles. The van der Waals surface area contributed by atoms with E-state index in [-0.39, 0.29) is 23.1 Å². The molecule has 150 valence electrons. The molecule has 0 N–H and O–H groups in total. The number of rotatable bonds is 5. The summed E-state index contributed by atoms with van der Waals surface area (Å²) in [6, 6.07) is 10.2. The van der Waals surface area contributed by atoms with Crippen molar-refractivity contribution < 1.29 is 9.18 Å². The zero-order chi connectivity index (χ0) is 20.1. The van der Waals surface area contributed by atoms with Gasteiger partial charge in [0.15, 0.2) is 0 Å². The number of halogens is 1. The minimum absolute atomic E-state index is 0.117. The Morgan fingerprint density at radius 2 is 1.79 bits per heavy atom. The van der Waals surface area contributed by atoms with Crippen molar-refractivity contribution in [1.82, 2.24) is 14.8 Å². The van der Waals surface area contributed by atoms with Gasteiger partial charge in [-0.05, 0) is 41.2 Å². The molecule has 0 spiro atoms. The summed E-state index contributed by atoms with van der Waals surface area (Å²) >= 11 is 0. The maximum absolute atomic E-state index is 13.4. The van der Waals surface area contributed by atoms with Crippen LogP contribution >= 0.6 is 0 Å². The fraction of sp³-hybridized carbons (Fsp3) is 0.478. The van der Waals surface area contributed by atoms with Gasteiger partial charge < -0.3 is 4.90 Å². The maximum Gasteiger partial charge on any atom is 0.230 e. The van der Waals surface area contributed by atoms with Gasteiger partial charge >= 0.3 is 0 Å². The molecular formula is C23H30FN3O. The van der Waals surface area contributed by atoms with Gasteiger partial charge in [0.1, 0.15) is 5.82 Å². The first kappa shape index (κ1) is 20.5. The minimum atomic E-state index is -0.320. The van der Waals surface area contributed by atoms with Crippen LogP contribution in [0, 0.1) is 11.2 Å². The summed E-state index contributed by atoms with van der Waals surface area (Å²) in [6.45, 7) is 11.0. The standard InChI is InChI=1S/C23H30FN3O/c1-23(2,3)17-26-11-13-27(14-12-26)22(28)21(15-18-5-4-10-25-16-18)19-6-8-20(24)9-7-19/h4-10,16,21H,11-15,17H2,1-3H3. The van der Waals surface area contributed by atoms with E-state index in [1.54, 1.807) is 24.5 Å². The molecule has 0 aliphatic carbocycles. The monoisotopic (exact) mass is 383 g/mol. The minimum Gasteiger partial charge on any atom is -0.340 e. The summed E-state index contributed by atoms with van der Waals surface area (Å²) in [5, 5.41) is 0. The van der Waals surface area contributed by atoms with Gasteiger partial charge in [0, 0.05) is 45.1 Å². The second-order valence-corrected chi connectivity index (χ2v) is 8.83. The van der Waals surface area contributed by atoms with Crippen LogP contribution in [-0.2, 0) is 11.2 Å². The Morgan fingerprint density at radius 1 is 1.11 bits per heavy atom. The number of benzene rings is 1. The molecule has 1 aliphatic rings. The number of carbonyl (C=O) groups is 1. The molecule has 3 rings (SSSR count). The highest BCUT2D eigenvalue weighted by atomic mass is 19.1. The normalized spacial score (nSPS) is 16.8. The third kappa shape index (κ3) is 5.61. The van der Waals surface area contributed by atoms with Crippen molar-refractivity contribution in [3.05, 3.63) is 65.7 Å². The summed E-state index contributed by atoms with van der Waals surface area (Å²) in [5.41, 5.74) is 2.12. The average molecular weight is 384 g/mol. The van der Waals surface area contributed by atoms with Crippen molar-refractivity contribution in [3.63, 3.8) is 0 Å². The van der Waals surface area contributed by atoms with Crippen molar-refractivity contribution in [3.8, 4) is 0 Å². The summed E-state index contributed by atoms with van der Waals surface area (Å²) in [6.07, 6.45) is 4.10. The van der Waals surface area contributed by atoms with Crippen molar-refractivity contribution in [2.24, 2.45) is 5.41 Å². The molecule has 1 fully saturated rings. The van der Waals surface area contributed by atoms with E-state index in [4.69, 9.17) is 0 Å². The van der Waals surface area contributed by atoms with Crippen LogP contribution in [0.25, 0.3) is 0 Å². The van der Waals surface area contributed by atoms with Gasteiger partial charge in [-0.15, -0.1) is 0 Å². The molecule has 5 heteroatoms. The topological polar surface area (TPSA) is 36.4 Å². The lowest BCUT2D eigenvalue weighted by molar-refractivity contribution is -0.134. The maximum atomic E-state index is 13.4. The van der Waals surface area contributed by atoms with Crippen molar-refractivity contribution >= 4 is 5.91 Å². The van der Waals surface area contributed by atoms with Crippen LogP contribution in [0.4, 0.5) is 4.39 Å². The molecule has 0 radical (unpaired) electrons. The van der Waals surface area contributed by atoms with Crippen LogP contribution < -0.4 is 0 Å². The fourth-order valence-electron chi connectivity index (χ4n) is 3.81. The van der Waals surface area contributed by atoms with Gasteiger partial charge in [-0.1, -0.05) is 39.0 Å². The third-order valence-electron chi connectivity index (χ3n) is 5.12. The summed E-state index contributed by atoms with van der Waals surface area (Å²) in [7, 11) is 0. The molecule has 1 amide bonds. The van der Waals surface area contributed by atoms with E-state index in [1.165, 1.54) is 12.1 Å². The predicted molar refractivity (Wildman–Crippen MR) is 110 cm³/mol. The third-order valence-corrected chi connectivity index (χ3v) is 5.12. The highest BCUT2D eigenvalue weighted by molar-refractivity contribution is 5.84. The SMILES string of the molecule is CC(C)(C)CN1CCN(C(=O)C(Cc2cccnc2)c2ccc(F)cc2)CC1. The smallest absolute Gasteiger partial charge is 0.230 e. The van der Waals surface area contributed by atoms with Crippen LogP contribution in [0.2, 0.25) is 0 Å². The van der Waals surface area contributed by atoms with Gasteiger partial charge in [-0.3, -0.25) is 14.7 Å². The lowest BCUT2D eigenvalue weighted by Gasteiger charge is -2.39. The number of carbonyl (C=O) groups excluding carboxylic acids is 1. The van der Waals surface area contributed by atoms with Crippen LogP contribution in [0.1, 0.15) is 37.8 Å². The molecule has 2 aromatic rings. The first-order valence-electron chi connectivity index (χ1n) is 9.97. The Bertz CT molecular complexity index is 763. The largest absolute Gasteiger partial charge is 0.340 e. The molecule has 2 heterocycles. The Labute approximate surface area is 167 Å². The van der Waals surface area contributed by atoms with E-state index < -0.39 is 0 Å². The summed E-state index contributed by atoms with van der Waals surface area (Å²) in [4.78, 5) is 21.9. The van der Waals surface area contributed by atoms with E-state index in [1.807, 2.05) is 17.0 Å². The summed E-state index contributed by atoms with van der Waals surface area (Å²) in [5.74, 6) is -0.489. The van der Waals surface area contributed by atoms with E-state index in [9.17, 15) is 9.18 Å². The molecule has 1 atom stereocenters. The zero-order valence-corrected chi connectivity index (χ0v) is 17.1. The number of amides is 1. The van der Waals surface area contributed by atoms with Gasteiger partial charge in [0.25, 0.3) is 0 Å². The molecule has 28 heavy (non-hydrogen) atoms. The Hall–Kier alpha value is -2.27. The van der Waals surface area contributed by atoms with Crippen LogP contribution in [0.3, 0.4) is 0 Å². The molecular weight excluding hydrogens is 353 g/mol. The second kappa shape index (κ2) is 8.82. The lowest BCUT2D eigenvalue weighted by Crippen LogP contribution is -2.51. The average Bonchev–Trinajstić information content (AvgIpc) is 2.67. The first-order chi connectivity index (χ1) is 13.3. The molecule has 1 aromatic carbocycles. The number of nitrogens with zero attached hydrogens (tertiary/aromatic N) is 3. The van der Waals surface area contributed by atoms with Crippen molar-refractivity contribution in [2.75, 3.05) is 32.7 Å². The Morgan fingerprint density at radius 3 is 2.36 bits per heavy atom. The van der Waals surface area contributed by atoms with Crippen molar-refractivity contribution in [1.29, 1.82) is 0 Å². The highest BCUT2D eigenvalue weighted by Crippen LogP contribution is 2.25. The van der Waals surface area contributed by atoms with Crippen LogP contribution in [0.5, 0.6) is 0 Å². The molecule has 4 nitrogen and oxygen atoms in total. The van der Waals surface area contributed by atoms with Gasteiger partial charge in [-0.2, -0.15) is 0 Å². The number of hydrogen-bond acceptors (Lipinski definition) is 3. The highest BCUT2D eigenvalue weighted by Gasteiger charge is 2.30. The molecule has 1 aliphatic heterocycles. The van der Waals surface area contributed by atoms with Gasteiger partial charge in [-0.25, -0.2) is 4.39 Å². The number of piperazine rings is 1. The van der Waals surface area contributed by atoms with Crippen LogP contribution in [-0.4, -0.2) is 53.4 Å². The number of pyridine rings is 1. The molecule has 1 unspecified atom stereocenters. The van der Waals surface area contributed by atoms with E-state index in [0.29, 0.717) is 6.42 Å². The second-order valence-electron chi connectivity index (χ2n) is 8.83. The number of aromatic nitrogens is 1. The van der Waals surface area contributed by atoms with Crippen molar-refractivity contribution in [2.45, 2.75) is 33.1 Å². The van der Waals surface area contributed by atoms with E-state index in [0.717, 1.165) is 43.9 Å².